The van der Waals surface area contributed by atoms with Gasteiger partial charge in [-0.05, 0) is 49.4 Å². The van der Waals surface area contributed by atoms with E-state index in [4.69, 9.17) is 4.74 Å². The minimum absolute atomic E-state index is 0.510. The third-order valence-electron chi connectivity index (χ3n) is 3.76. The fraction of sp³-hybridized carbons (Fsp3) is 0.400. The van der Waals surface area contributed by atoms with Crippen LogP contribution in [0.25, 0.3) is 0 Å². The van der Waals surface area contributed by atoms with E-state index in [-0.39, 0.29) is 0 Å². The van der Waals surface area contributed by atoms with Crippen molar-refractivity contribution in [2.24, 2.45) is 0 Å². The Balaban J connectivity index is 1.70. The van der Waals surface area contributed by atoms with Gasteiger partial charge in [-0.2, -0.15) is 0 Å². The van der Waals surface area contributed by atoms with Crippen molar-refractivity contribution < 1.29 is 4.74 Å². The van der Waals surface area contributed by atoms with Crippen LogP contribution in [0.15, 0.2) is 54.6 Å². The SMILES string of the molecule is CCCOc1ccc(CN[C@H](C)CCc2ccccc2)cc1. The van der Waals surface area contributed by atoms with Crippen molar-refractivity contribution in [2.45, 2.75) is 45.7 Å². The molecule has 0 radical (unpaired) electrons. The number of ether oxygens (including phenoxy) is 1. The number of rotatable bonds is 9. The minimum Gasteiger partial charge on any atom is -0.494 e. The Hall–Kier alpha value is -1.80. The average Bonchev–Trinajstić information content (AvgIpc) is 2.58. The summed E-state index contributed by atoms with van der Waals surface area (Å²) in [5.41, 5.74) is 2.71. The summed E-state index contributed by atoms with van der Waals surface area (Å²) in [6.45, 7) is 6.06. The van der Waals surface area contributed by atoms with Gasteiger partial charge in [0.2, 0.25) is 0 Å². The lowest BCUT2D eigenvalue weighted by Crippen LogP contribution is -2.25. The molecule has 0 saturated carbocycles. The zero-order valence-corrected chi connectivity index (χ0v) is 13.7. The van der Waals surface area contributed by atoms with E-state index in [1.165, 1.54) is 11.1 Å². The Kier molecular flexibility index (Phi) is 6.98. The predicted octanol–water partition coefficient (Wildman–Crippen LogP) is 4.59. The summed E-state index contributed by atoms with van der Waals surface area (Å²) >= 11 is 0. The molecule has 0 aliphatic carbocycles. The van der Waals surface area contributed by atoms with Crippen LogP contribution in [-0.4, -0.2) is 12.6 Å². The molecule has 2 aromatic carbocycles. The van der Waals surface area contributed by atoms with Crippen LogP contribution in [0, 0.1) is 0 Å². The van der Waals surface area contributed by atoms with E-state index in [0.717, 1.165) is 38.2 Å². The van der Waals surface area contributed by atoms with E-state index in [9.17, 15) is 0 Å². The van der Waals surface area contributed by atoms with Crippen molar-refractivity contribution in [2.75, 3.05) is 6.61 Å². The van der Waals surface area contributed by atoms with Crippen molar-refractivity contribution in [1.29, 1.82) is 0 Å². The van der Waals surface area contributed by atoms with Crippen molar-refractivity contribution in [3.63, 3.8) is 0 Å². The molecule has 2 nitrogen and oxygen atoms in total. The van der Waals surface area contributed by atoms with Crippen LogP contribution in [0.1, 0.15) is 37.8 Å². The molecule has 1 atom stereocenters. The molecule has 0 aromatic heterocycles. The van der Waals surface area contributed by atoms with Crippen molar-refractivity contribution in [1.82, 2.24) is 5.32 Å². The van der Waals surface area contributed by atoms with Crippen LogP contribution in [0.4, 0.5) is 0 Å². The lowest BCUT2D eigenvalue weighted by molar-refractivity contribution is 0.317. The van der Waals surface area contributed by atoms with Gasteiger partial charge in [0.1, 0.15) is 5.75 Å². The van der Waals surface area contributed by atoms with Gasteiger partial charge in [-0.15, -0.1) is 0 Å². The largest absolute Gasteiger partial charge is 0.494 e. The molecule has 0 bridgehead atoms. The monoisotopic (exact) mass is 297 g/mol. The molecule has 2 rings (SSSR count). The molecule has 0 aliphatic rings. The molecule has 0 heterocycles. The molecule has 2 heteroatoms. The predicted molar refractivity (Wildman–Crippen MR) is 93.3 cm³/mol. The number of nitrogens with one attached hydrogen (secondary N) is 1. The zero-order valence-electron chi connectivity index (χ0n) is 13.7. The highest BCUT2D eigenvalue weighted by Gasteiger charge is 2.03. The van der Waals surface area contributed by atoms with Gasteiger partial charge in [-0.1, -0.05) is 49.4 Å². The second-order valence-electron chi connectivity index (χ2n) is 5.80. The van der Waals surface area contributed by atoms with E-state index < -0.39 is 0 Å². The van der Waals surface area contributed by atoms with Crippen LogP contribution in [0.3, 0.4) is 0 Å². The van der Waals surface area contributed by atoms with Crippen molar-refractivity contribution in [3.05, 3.63) is 65.7 Å². The molecule has 1 N–H and O–H groups in total. The van der Waals surface area contributed by atoms with Gasteiger partial charge in [0.25, 0.3) is 0 Å². The van der Waals surface area contributed by atoms with Crippen molar-refractivity contribution in [3.8, 4) is 5.75 Å². The number of aryl methyl sites for hydroxylation is 1. The maximum atomic E-state index is 5.60. The number of hydrogen-bond donors (Lipinski definition) is 1. The fourth-order valence-corrected chi connectivity index (χ4v) is 2.35. The lowest BCUT2D eigenvalue weighted by Gasteiger charge is -2.14. The Morgan fingerprint density at radius 3 is 2.36 bits per heavy atom. The molecule has 0 unspecified atom stereocenters. The van der Waals surface area contributed by atoms with Gasteiger partial charge in [0, 0.05) is 12.6 Å². The van der Waals surface area contributed by atoms with E-state index >= 15 is 0 Å². The Morgan fingerprint density at radius 2 is 1.68 bits per heavy atom. The third kappa shape index (κ3) is 5.90. The van der Waals surface area contributed by atoms with E-state index in [0.29, 0.717) is 6.04 Å². The quantitative estimate of drug-likeness (QED) is 0.731. The normalized spacial score (nSPS) is 12.1. The number of hydrogen-bond acceptors (Lipinski definition) is 2. The first-order valence-electron chi connectivity index (χ1n) is 8.27. The highest BCUT2D eigenvalue weighted by Crippen LogP contribution is 2.13. The second kappa shape index (κ2) is 9.26. The molecule has 0 amide bonds. The molecular formula is C20H27NO. The zero-order chi connectivity index (χ0) is 15.6. The lowest BCUT2D eigenvalue weighted by atomic mass is 10.1. The first-order valence-corrected chi connectivity index (χ1v) is 8.27. The summed E-state index contributed by atoms with van der Waals surface area (Å²) in [6, 6.07) is 19.6. The van der Waals surface area contributed by atoms with Crippen molar-refractivity contribution >= 4 is 0 Å². The first-order chi connectivity index (χ1) is 10.8. The minimum atomic E-state index is 0.510. The Bertz CT molecular complexity index is 521. The topological polar surface area (TPSA) is 21.3 Å². The van der Waals surface area contributed by atoms with E-state index in [1.54, 1.807) is 0 Å². The average molecular weight is 297 g/mol. The van der Waals surface area contributed by atoms with Gasteiger partial charge in [0.05, 0.1) is 6.61 Å². The maximum absolute atomic E-state index is 5.60. The Labute approximate surface area is 134 Å². The van der Waals surface area contributed by atoms with Gasteiger partial charge >= 0.3 is 0 Å². The maximum Gasteiger partial charge on any atom is 0.119 e. The Morgan fingerprint density at radius 1 is 0.955 bits per heavy atom. The summed E-state index contributed by atoms with van der Waals surface area (Å²) in [7, 11) is 0. The summed E-state index contributed by atoms with van der Waals surface area (Å²) < 4.78 is 5.60. The summed E-state index contributed by atoms with van der Waals surface area (Å²) in [6.07, 6.45) is 3.32. The van der Waals surface area contributed by atoms with Gasteiger partial charge < -0.3 is 10.1 Å². The molecule has 2 aromatic rings. The molecular weight excluding hydrogens is 270 g/mol. The standard InChI is InChI=1S/C20H27NO/c1-3-15-22-20-13-11-19(12-14-20)16-21-17(2)9-10-18-7-5-4-6-8-18/h4-8,11-14,17,21H,3,9-10,15-16H2,1-2H3/t17-/m1/s1. The van der Waals surface area contributed by atoms with Gasteiger partial charge in [-0.3, -0.25) is 0 Å². The number of benzene rings is 2. The van der Waals surface area contributed by atoms with Crippen LogP contribution < -0.4 is 10.1 Å². The molecule has 0 saturated heterocycles. The van der Waals surface area contributed by atoms with E-state index in [2.05, 4.69) is 73.8 Å². The third-order valence-corrected chi connectivity index (χ3v) is 3.76. The highest BCUT2D eigenvalue weighted by molar-refractivity contribution is 5.27. The van der Waals surface area contributed by atoms with Crippen LogP contribution in [0.2, 0.25) is 0 Å². The van der Waals surface area contributed by atoms with Crippen LogP contribution >= 0.6 is 0 Å². The van der Waals surface area contributed by atoms with E-state index in [1.807, 2.05) is 0 Å². The fourth-order valence-electron chi connectivity index (χ4n) is 2.35. The molecule has 0 aliphatic heterocycles. The van der Waals surface area contributed by atoms with Gasteiger partial charge in [0.15, 0.2) is 0 Å². The van der Waals surface area contributed by atoms with Crippen LogP contribution in [-0.2, 0) is 13.0 Å². The second-order valence-corrected chi connectivity index (χ2v) is 5.80. The molecule has 118 valence electrons. The van der Waals surface area contributed by atoms with Crippen LogP contribution in [0.5, 0.6) is 5.75 Å². The molecule has 22 heavy (non-hydrogen) atoms. The summed E-state index contributed by atoms with van der Waals surface area (Å²) in [4.78, 5) is 0. The smallest absolute Gasteiger partial charge is 0.119 e. The molecule has 0 fully saturated rings. The van der Waals surface area contributed by atoms with Gasteiger partial charge in [-0.25, -0.2) is 0 Å². The highest BCUT2D eigenvalue weighted by atomic mass is 16.5. The first kappa shape index (κ1) is 16.6. The summed E-state index contributed by atoms with van der Waals surface area (Å²) in [5.74, 6) is 0.961. The molecule has 0 spiro atoms. The summed E-state index contributed by atoms with van der Waals surface area (Å²) in [5, 5.41) is 3.59.